The first-order valence-electron chi connectivity index (χ1n) is 6.01. The molecule has 1 heterocycles. The lowest BCUT2D eigenvalue weighted by Gasteiger charge is -2.07. The topological polar surface area (TPSA) is 57.8 Å². The molecule has 0 saturated carbocycles. The van der Waals surface area contributed by atoms with Crippen molar-refractivity contribution in [2.45, 2.75) is 13.5 Å². The van der Waals surface area contributed by atoms with E-state index >= 15 is 0 Å². The average molecular weight is 253 g/mol. The number of aromatic nitrogens is 1. The third-order valence-corrected chi connectivity index (χ3v) is 3.16. The molecule has 0 bridgehead atoms. The Balaban J connectivity index is 2.05. The van der Waals surface area contributed by atoms with Crippen LogP contribution in [0.5, 0.6) is 0 Å². The molecule has 0 aliphatic rings. The standard InChI is InChI=1S/C15H15N3O/c1-11-6-7-14(18(11)2)10-17-15(19)13-5-3-4-12(8-13)9-16/h3-8H,10H2,1-2H3,(H,17,19). The first kappa shape index (κ1) is 12.9. The molecule has 0 spiro atoms. The van der Waals surface area contributed by atoms with Gasteiger partial charge in [0.25, 0.3) is 5.91 Å². The Morgan fingerprint density at radius 2 is 2.16 bits per heavy atom. The SMILES string of the molecule is Cc1ccc(CNC(=O)c2cccc(C#N)c2)n1C. The van der Waals surface area contributed by atoms with Gasteiger partial charge in [-0.25, -0.2) is 0 Å². The molecule has 1 amide bonds. The summed E-state index contributed by atoms with van der Waals surface area (Å²) in [5, 5.41) is 11.7. The van der Waals surface area contributed by atoms with Crippen LogP contribution in [0.1, 0.15) is 27.3 Å². The summed E-state index contributed by atoms with van der Waals surface area (Å²) in [7, 11) is 1.97. The van der Waals surface area contributed by atoms with Crippen molar-refractivity contribution in [3.05, 3.63) is 58.9 Å². The van der Waals surface area contributed by atoms with E-state index in [1.165, 1.54) is 0 Å². The number of carbonyl (C=O) groups is 1. The van der Waals surface area contributed by atoms with E-state index in [0.717, 1.165) is 11.4 Å². The molecule has 0 aliphatic heterocycles. The fourth-order valence-corrected chi connectivity index (χ4v) is 1.85. The predicted octanol–water partition coefficient (Wildman–Crippen LogP) is 2.14. The molecule has 1 N–H and O–H groups in total. The number of carbonyl (C=O) groups excluding carboxylic acids is 1. The number of nitrogens with zero attached hydrogens (tertiary/aromatic N) is 2. The van der Waals surface area contributed by atoms with Gasteiger partial charge in [0.05, 0.1) is 18.2 Å². The predicted molar refractivity (Wildman–Crippen MR) is 72.5 cm³/mol. The Morgan fingerprint density at radius 3 is 2.79 bits per heavy atom. The first-order valence-corrected chi connectivity index (χ1v) is 6.01. The molecule has 2 aromatic rings. The monoisotopic (exact) mass is 253 g/mol. The van der Waals surface area contributed by atoms with Crippen LogP contribution in [0.25, 0.3) is 0 Å². The summed E-state index contributed by atoms with van der Waals surface area (Å²) in [5.41, 5.74) is 3.19. The highest BCUT2D eigenvalue weighted by Gasteiger charge is 2.07. The van der Waals surface area contributed by atoms with E-state index in [-0.39, 0.29) is 5.91 Å². The van der Waals surface area contributed by atoms with Gasteiger partial charge in [-0.05, 0) is 37.3 Å². The van der Waals surface area contributed by atoms with Crippen LogP contribution in [0.2, 0.25) is 0 Å². The number of aryl methyl sites for hydroxylation is 1. The van der Waals surface area contributed by atoms with Gasteiger partial charge in [0.1, 0.15) is 0 Å². The summed E-state index contributed by atoms with van der Waals surface area (Å²) in [6, 6.07) is 12.7. The number of hydrogen-bond donors (Lipinski definition) is 1. The van der Waals surface area contributed by atoms with Crippen LogP contribution < -0.4 is 5.32 Å². The lowest BCUT2D eigenvalue weighted by atomic mass is 10.1. The molecule has 19 heavy (non-hydrogen) atoms. The second-order valence-electron chi connectivity index (χ2n) is 4.40. The molecule has 4 heteroatoms. The minimum absolute atomic E-state index is 0.170. The number of hydrogen-bond acceptors (Lipinski definition) is 2. The van der Waals surface area contributed by atoms with Crippen LogP contribution in [-0.4, -0.2) is 10.5 Å². The highest BCUT2D eigenvalue weighted by molar-refractivity contribution is 5.94. The molecule has 1 aromatic carbocycles. The maximum atomic E-state index is 12.0. The Labute approximate surface area is 112 Å². The maximum absolute atomic E-state index is 12.0. The number of amides is 1. The zero-order valence-electron chi connectivity index (χ0n) is 11.0. The number of nitrogens with one attached hydrogen (secondary N) is 1. The molecule has 4 nitrogen and oxygen atoms in total. The summed E-state index contributed by atoms with van der Waals surface area (Å²) in [6.07, 6.45) is 0. The quantitative estimate of drug-likeness (QED) is 0.911. The van der Waals surface area contributed by atoms with Crippen LogP contribution in [-0.2, 0) is 13.6 Å². The first-order chi connectivity index (χ1) is 9.11. The van der Waals surface area contributed by atoms with E-state index < -0.39 is 0 Å². The molecule has 0 saturated heterocycles. The molecule has 96 valence electrons. The van der Waals surface area contributed by atoms with Crippen LogP contribution in [0.3, 0.4) is 0 Å². The van der Waals surface area contributed by atoms with E-state index in [2.05, 4.69) is 5.32 Å². The number of benzene rings is 1. The van der Waals surface area contributed by atoms with Gasteiger partial charge in [0.15, 0.2) is 0 Å². The number of rotatable bonds is 3. The van der Waals surface area contributed by atoms with Gasteiger partial charge >= 0.3 is 0 Å². The molecule has 0 fully saturated rings. The largest absolute Gasteiger partial charge is 0.350 e. The van der Waals surface area contributed by atoms with Crippen molar-refractivity contribution in [3.8, 4) is 6.07 Å². The van der Waals surface area contributed by atoms with Crippen molar-refractivity contribution in [1.82, 2.24) is 9.88 Å². The average Bonchev–Trinajstić information content (AvgIpc) is 2.76. The van der Waals surface area contributed by atoms with Gasteiger partial charge in [-0.1, -0.05) is 6.07 Å². The summed E-state index contributed by atoms with van der Waals surface area (Å²) < 4.78 is 2.03. The van der Waals surface area contributed by atoms with Crippen molar-refractivity contribution < 1.29 is 4.79 Å². The van der Waals surface area contributed by atoms with Gasteiger partial charge in [-0.3, -0.25) is 4.79 Å². The summed E-state index contributed by atoms with van der Waals surface area (Å²) in [6.45, 7) is 2.49. The summed E-state index contributed by atoms with van der Waals surface area (Å²) in [5.74, 6) is -0.170. The van der Waals surface area contributed by atoms with Crippen LogP contribution >= 0.6 is 0 Å². The molecule has 0 aliphatic carbocycles. The molecular weight excluding hydrogens is 238 g/mol. The smallest absolute Gasteiger partial charge is 0.251 e. The molecule has 0 unspecified atom stereocenters. The van der Waals surface area contributed by atoms with E-state index in [9.17, 15) is 4.79 Å². The summed E-state index contributed by atoms with van der Waals surface area (Å²) in [4.78, 5) is 12.0. The Hall–Kier alpha value is -2.54. The molecule has 1 aromatic heterocycles. The third kappa shape index (κ3) is 2.83. The summed E-state index contributed by atoms with van der Waals surface area (Å²) >= 11 is 0. The maximum Gasteiger partial charge on any atom is 0.251 e. The molecule has 0 radical (unpaired) electrons. The van der Waals surface area contributed by atoms with E-state index in [0.29, 0.717) is 17.7 Å². The van der Waals surface area contributed by atoms with Crippen molar-refractivity contribution in [2.75, 3.05) is 0 Å². The van der Waals surface area contributed by atoms with E-state index in [1.54, 1.807) is 24.3 Å². The van der Waals surface area contributed by atoms with Gasteiger partial charge in [-0.2, -0.15) is 5.26 Å². The second-order valence-corrected chi connectivity index (χ2v) is 4.40. The Morgan fingerprint density at radius 1 is 1.37 bits per heavy atom. The minimum atomic E-state index is -0.170. The van der Waals surface area contributed by atoms with Gasteiger partial charge < -0.3 is 9.88 Å². The lowest BCUT2D eigenvalue weighted by Crippen LogP contribution is -2.24. The van der Waals surface area contributed by atoms with Crippen molar-refractivity contribution >= 4 is 5.91 Å². The Kier molecular flexibility index (Phi) is 3.67. The van der Waals surface area contributed by atoms with Gasteiger partial charge in [0.2, 0.25) is 0 Å². The Bertz CT molecular complexity index is 650. The fourth-order valence-electron chi connectivity index (χ4n) is 1.85. The van der Waals surface area contributed by atoms with Crippen molar-refractivity contribution in [2.24, 2.45) is 7.05 Å². The highest BCUT2D eigenvalue weighted by atomic mass is 16.1. The fraction of sp³-hybridized carbons (Fsp3) is 0.200. The van der Waals surface area contributed by atoms with Gasteiger partial charge in [-0.15, -0.1) is 0 Å². The molecule has 2 rings (SSSR count). The normalized spacial score (nSPS) is 9.95. The van der Waals surface area contributed by atoms with Gasteiger partial charge in [0, 0.05) is 24.0 Å². The van der Waals surface area contributed by atoms with Crippen LogP contribution in [0, 0.1) is 18.3 Å². The minimum Gasteiger partial charge on any atom is -0.350 e. The van der Waals surface area contributed by atoms with Crippen LogP contribution in [0.4, 0.5) is 0 Å². The lowest BCUT2D eigenvalue weighted by molar-refractivity contribution is 0.0950. The van der Waals surface area contributed by atoms with Crippen molar-refractivity contribution in [3.63, 3.8) is 0 Å². The van der Waals surface area contributed by atoms with Crippen molar-refractivity contribution in [1.29, 1.82) is 5.26 Å². The molecular formula is C15H15N3O. The highest BCUT2D eigenvalue weighted by Crippen LogP contribution is 2.07. The molecule has 0 atom stereocenters. The zero-order chi connectivity index (χ0) is 13.8. The number of nitriles is 1. The third-order valence-electron chi connectivity index (χ3n) is 3.16. The van der Waals surface area contributed by atoms with E-state index in [4.69, 9.17) is 5.26 Å². The second kappa shape index (κ2) is 5.40. The zero-order valence-corrected chi connectivity index (χ0v) is 11.0. The van der Waals surface area contributed by atoms with E-state index in [1.807, 2.05) is 36.7 Å². The van der Waals surface area contributed by atoms with Crippen LogP contribution in [0.15, 0.2) is 36.4 Å².